The maximum atomic E-state index is 12.0. The summed E-state index contributed by atoms with van der Waals surface area (Å²) >= 11 is 0. The molecule has 0 radical (unpaired) electrons. The Hall–Kier alpha value is -1.30. The van der Waals surface area contributed by atoms with Gasteiger partial charge in [0.2, 0.25) is 0 Å². The second-order valence-electron chi connectivity index (χ2n) is 7.27. The molecule has 0 aromatic carbocycles. The van der Waals surface area contributed by atoms with Crippen molar-refractivity contribution in [3.8, 4) is 0 Å². The molecule has 0 saturated heterocycles. The molecule has 2 saturated carbocycles. The number of urea groups is 1. The summed E-state index contributed by atoms with van der Waals surface area (Å²) in [6.07, 6.45) is 6.71. The van der Waals surface area contributed by atoms with E-state index in [9.17, 15) is 9.59 Å². The first-order chi connectivity index (χ1) is 11.0. The second kappa shape index (κ2) is 8.52. The number of hydrogen-bond acceptors (Lipinski definition) is 3. The van der Waals surface area contributed by atoms with Gasteiger partial charge in [0.1, 0.15) is 0 Å². The summed E-state index contributed by atoms with van der Waals surface area (Å²) in [6.45, 7) is 5.85. The van der Waals surface area contributed by atoms with Gasteiger partial charge < -0.3 is 15.7 Å². The van der Waals surface area contributed by atoms with E-state index in [4.69, 9.17) is 5.11 Å². The van der Waals surface area contributed by atoms with Gasteiger partial charge in [-0.15, -0.1) is 0 Å². The molecule has 3 N–H and O–H groups in total. The molecule has 2 amide bonds. The van der Waals surface area contributed by atoms with E-state index in [2.05, 4.69) is 17.6 Å². The van der Waals surface area contributed by atoms with Crippen LogP contribution in [0, 0.1) is 11.8 Å². The van der Waals surface area contributed by atoms with Crippen LogP contribution in [0.2, 0.25) is 0 Å². The number of carboxylic acid groups (broad SMARTS) is 1. The highest BCUT2D eigenvalue weighted by molar-refractivity contribution is 5.74. The highest BCUT2D eigenvalue weighted by Crippen LogP contribution is 2.28. The molecular formula is C17H31N3O3. The number of amides is 2. The molecule has 2 unspecified atom stereocenters. The van der Waals surface area contributed by atoms with Gasteiger partial charge in [0.25, 0.3) is 0 Å². The summed E-state index contributed by atoms with van der Waals surface area (Å²) in [5, 5.41) is 14.9. The third kappa shape index (κ3) is 5.68. The van der Waals surface area contributed by atoms with Crippen LogP contribution in [0.4, 0.5) is 4.79 Å². The molecule has 0 heterocycles. The van der Waals surface area contributed by atoms with E-state index in [1.807, 2.05) is 11.8 Å². The molecule has 2 atom stereocenters. The van der Waals surface area contributed by atoms with Crippen molar-refractivity contribution in [1.29, 1.82) is 0 Å². The average molecular weight is 325 g/mol. The molecule has 2 fully saturated rings. The van der Waals surface area contributed by atoms with Gasteiger partial charge >= 0.3 is 12.0 Å². The molecule has 6 heteroatoms. The molecule has 2 rings (SSSR count). The fourth-order valence-corrected chi connectivity index (χ4v) is 3.90. The van der Waals surface area contributed by atoms with Crippen molar-refractivity contribution in [1.82, 2.24) is 15.5 Å². The van der Waals surface area contributed by atoms with Crippen molar-refractivity contribution in [3.05, 3.63) is 0 Å². The zero-order valence-electron chi connectivity index (χ0n) is 14.4. The number of likely N-dealkylation sites (N-methyl/N-ethyl adjacent to an activating group) is 1. The topological polar surface area (TPSA) is 81.7 Å². The molecule has 23 heavy (non-hydrogen) atoms. The van der Waals surface area contributed by atoms with Crippen molar-refractivity contribution in [2.75, 3.05) is 19.6 Å². The molecular weight excluding hydrogens is 294 g/mol. The molecule has 132 valence electrons. The maximum Gasteiger partial charge on any atom is 0.317 e. The molecule has 2 aliphatic rings. The summed E-state index contributed by atoms with van der Waals surface area (Å²) in [4.78, 5) is 24.7. The maximum absolute atomic E-state index is 12.0. The lowest BCUT2D eigenvalue weighted by Gasteiger charge is -2.42. The first kappa shape index (κ1) is 18.0. The summed E-state index contributed by atoms with van der Waals surface area (Å²) in [5.74, 6) is 0.604. The zero-order valence-corrected chi connectivity index (χ0v) is 14.4. The Balaban J connectivity index is 1.61. The molecule has 0 spiro atoms. The molecule has 6 nitrogen and oxygen atoms in total. The van der Waals surface area contributed by atoms with Crippen LogP contribution in [0.3, 0.4) is 0 Å². The third-order valence-corrected chi connectivity index (χ3v) is 5.31. The van der Waals surface area contributed by atoms with E-state index in [0.717, 1.165) is 31.8 Å². The summed E-state index contributed by atoms with van der Waals surface area (Å²) in [5.41, 5.74) is 0. The van der Waals surface area contributed by atoms with Crippen molar-refractivity contribution in [2.45, 2.75) is 64.5 Å². The molecule has 2 aliphatic carbocycles. The highest BCUT2D eigenvalue weighted by Gasteiger charge is 2.34. The van der Waals surface area contributed by atoms with Crippen LogP contribution in [-0.2, 0) is 4.79 Å². The van der Waals surface area contributed by atoms with Crippen molar-refractivity contribution < 1.29 is 14.7 Å². The van der Waals surface area contributed by atoms with E-state index >= 15 is 0 Å². The van der Waals surface area contributed by atoms with Gasteiger partial charge in [-0.25, -0.2) is 4.79 Å². The lowest BCUT2D eigenvalue weighted by atomic mass is 9.82. The SMILES string of the molecule is CCN(CC(=O)O)C1CC(NC(=O)NCC2CCCC(C)C2)C1. The van der Waals surface area contributed by atoms with Gasteiger partial charge in [0.15, 0.2) is 0 Å². The molecule has 0 aliphatic heterocycles. The zero-order chi connectivity index (χ0) is 16.8. The van der Waals surface area contributed by atoms with Crippen LogP contribution in [0.25, 0.3) is 0 Å². The van der Waals surface area contributed by atoms with Gasteiger partial charge in [-0.1, -0.05) is 26.7 Å². The van der Waals surface area contributed by atoms with E-state index in [-0.39, 0.29) is 24.7 Å². The van der Waals surface area contributed by atoms with Crippen LogP contribution in [-0.4, -0.2) is 53.7 Å². The van der Waals surface area contributed by atoms with E-state index < -0.39 is 5.97 Å². The minimum atomic E-state index is -0.789. The van der Waals surface area contributed by atoms with E-state index in [0.29, 0.717) is 5.92 Å². The minimum Gasteiger partial charge on any atom is -0.480 e. The van der Waals surface area contributed by atoms with Gasteiger partial charge in [0.05, 0.1) is 6.54 Å². The van der Waals surface area contributed by atoms with E-state index in [1.165, 1.54) is 25.7 Å². The number of hydrogen-bond donors (Lipinski definition) is 3. The molecule has 0 aromatic rings. The van der Waals surface area contributed by atoms with E-state index in [1.54, 1.807) is 0 Å². The Morgan fingerprint density at radius 2 is 1.96 bits per heavy atom. The Kier molecular flexibility index (Phi) is 6.69. The largest absolute Gasteiger partial charge is 0.480 e. The van der Waals surface area contributed by atoms with Crippen LogP contribution >= 0.6 is 0 Å². The Labute approximate surface area is 139 Å². The average Bonchev–Trinajstić information content (AvgIpc) is 2.46. The lowest BCUT2D eigenvalue weighted by Crippen LogP contribution is -2.56. The molecule has 0 bridgehead atoms. The number of carboxylic acids is 1. The first-order valence-electron chi connectivity index (χ1n) is 8.98. The smallest absolute Gasteiger partial charge is 0.317 e. The van der Waals surface area contributed by atoms with Crippen LogP contribution in [0.15, 0.2) is 0 Å². The first-order valence-corrected chi connectivity index (χ1v) is 8.98. The predicted octanol–water partition coefficient (Wildman–Crippen LogP) is 2.05. The minimum absolute atomic E-state index is 0.0760. The standard InChI is InChI=1S/C17H31N3O3/c1-3-20(11-16(21)22)15-8-14(9-15)19-17(23)18-10-13-6-4-5-12(2)7-13/h12-15H,3-11H2,1-2H3,(H,21,22)(H2,18,19,23). The number of carbonyl (C=O) groups is 2. The van der Waals surface area contributed by atoms with Crippen molar-refractivity contribution in [3.63, 3.8) is 0 Å². The summed E-state index contributed by atoms with van der Waals surface area (Å²) in [7, 11) is 0. The fourth-order valence-electron chi connectivity index (χ4n) is 3.90. The van der Waals surface area contributed by atoms with Gasteiger partial charge in [-0.05, 0) is 44.1 Å². The monoisotopic (exact) mass is 325 g/mol. The number of aliphatic carboxylic acids is 1. The quantitative estimate of drug-likeness (QED) is 0.669. The number of rotatable bonds is 7. The Morgan fingerprint density at radius 3 is 2.57 bits per heavy atom. The third-order valence-electron chi connectivity index (χ3n) is 5.31. The van der Waals surface area contributed by atoms with Crippen LogP contribution in [0.1, 0.15) is 52.4 Å². The molecule has 0 aromatic heterocycles. The predicted molar refractivity (Wildman–Crippen MR) is 89.3 cm³/mol. The van der Waals surface area contributed by atoms with Gasteiger partial charge in [0, 0.05) is 18.6 Å². The Bertz CT molecular complexity index is 410. The summed E-state index contributed by atoms with van der Waals surface area (Å²) < 4.78 is 0. The van der Waals surface area contributed by atoms with Crippen molar-refractivity contribution >= 4 is 12.0 Å². The lowest BCUT2D eigenvalue weighted by molar-refractivity contribution is -0.139. The normalized spacial score (nSPS) is 30.6. The number of nitrogens with one attached hydrogen (secondary N) is 2. The number of nitrogens with zero attached hydrogens (tertiary/aromatic N) is 1. The van der Waals surface area contributed by atoms with Crippen molar-refractivity contribution in [2.24, 2.45) is 11.8 Å². The second-order valence-corrected chi connectivity index (χ2v) is 7.27. The fraction of sp³-hybridized carbons (Fsp3) is 0.882. The van der Waals surface area contributed by atoms with Gasteiger partial charge in [-0.2, -0.15) is 0 Å². The van der Waals surface area contributed by atoms with Gasteiger partial charge in [-0.3, -0.25) is 9.69 Å². The highest BCUT2D eigenvalue weighted by atomic mass is 16.4. The Morgan fingerprint density at radius 1 is 1.22 bits per heavy atom. The summed E-state index contributed by atoms with van der Waals surface area (Å²) in [6, 6.07) is 0.377. The number of carbonyl (C=O) groups excluding carboxylic acids is 1. The van der Waals surface area contributed by atoms with Crippen LogP contribution < -0.4 is 10.6 Å². The van der Waals surface area contributed by atoms with Crippen LogP contribution in [0.5, 0.6) is 0 Å².